The Morgan fingerprint density at radius 2 is 2.19 bits per heavy atom. The van der Waals surface area contributed by atoms with E-state index in [1.807, 2.05) is 25.1 Å². The van der Waals surface area contributed by atoms with Crippen LogP contribution in [0, 0.1) is 12.8 Å². The molecule has 5 heteroatoms. The Bertz CT molecular complexity index is 554. The second-order valence-electron chi connectivity index (χ2n) is 5.12. The van der Waals surface area contributed by atoms with Gasteiger partial charge in [-0.15, -0.1) is 0 Å². The smallest absolute Gasteiger partial charge is 0.325 e. The molecule has 1 unspecified atom stereocenters. The number of pyridine rings is 1. The number of carbonyl (C=O) groups excluding carboxylic acids is 2. The van der Waals surface area contributed by atoms with E-state index in [9.17, 15) is 9.59 Å². The van der Waals surface area contributed by atoms with E-state index in [2.05, 4.69) is 11.1 Å². The van der Waals surface area contributed by atoms with E-state index < -0.39 is 5.97 Å². The zero-order valence-corrected chi connectivity index (χ0v) is 12.4. The Hall–Kier alpha value is -2.17. The Kier molecular flexibility index (Phi) is 5.09. The standard InChI is InChI=1S/C16H20N2O3/c1-12-7-6-10-14(17-12)18(11-15(19)21-2)16(20)13-8-4-3-5-9-13/h3-4,6-7,10,13H,5,8-9,11H2,1-2H3. The summed E-state index contributed by atoms with van der Waals surface area (Å²) in [5, 5.41) is 0. The van der Waals surface area contributed by atoms with Gasteiger partial charge >= 0.3 is 5.97 Å². The van der Waals surface area contributed by atoms with E-state index in [4.69, 9.17) is 4.74 Å². The molecule has 1 heterocycles. The summed E-state index contributed by atoms with van der Waals surface area (Å²) in [6, 6.07) is 5.43. The average Bonchev–Trinajstić information content (AvgIpc) is 2.52. The highest BCUT2D eigenvalue weighted by molar-refractivity contribution is 5.98. The summed E-state index contributed by atoms with van der Waals surface area (Å²) in [5.74, 6) is -0.109. The minimum absolute atomic E-state index is 0.0668. The number of aromatic nitrogens is 1. The van der Waals surface area contributed by atoms with Crippen LogP contribution < -0.4 is 4.90 Å². The van der Waals surface area contributed by atoms with Crippen molar-refractivity contribution in [1.82, 2.24) is 4.98 Å². The second-order valence-corrected chi connectivity index (χ2v) is 5.12. The van der Waals surface area contributed by atoms with Gasteiger partial charge in [-0.05, 0) is 38.3 Å². The number of rotatable bonds is 4. The number of hydrogen-bond acceptors (Lipinski definition) is 4. The van der Waals surface area contributed by atoms with Crippen LogP contribution in [0.4, 0.5) is 5.82 Å². The summed E-state index contributed by atoms with van der Waals surface area (Å²) in [6.45, 7) is 1.75. The summed E-state index contributed by atoms with van der Waals surface area (Å²) < 4.78 is 4.70. The molecule has 0 saturated carbocycles. The quantitative estimate of drug-likeness (QED) is 0.630. The van der Waals surface area contributed by atoms with Crippen LogP contribution in [-0.2, 0) is 14.3 Å². The van der Waals surface area contributed by atoms with Gasteiger partial charge < -0.3 is 4.74 Å². The lowest BCUT2D eigenvalue weighted by atomic mass is 9.93. The summed E-state index contributed by atoms with van der Waals surface area (Å²) >= 11 is 0. The first kappa shape index (κ1) is 15.2. The van der Waals surface area contributed by atoms with Crippen LogP contribution in [0.1, 0.15) is 25.0 Å². The molecule has 1 amide bonds. The molecule has 1 aromatic rings. The number of nitrogens with zero attached hydrogens (tertiary/aromatic N) is 2. The molecular weight excluding hydrogens is 268 g/mol. The largest absolute Gasteiger partial charge is 0.468 e. The number of methoxy groups -OCH3 is 1. The van der Waals surface area contributed by atoms with Gasteiger partial charge in [0.1, 0.15) is 12.4 Å². The highest BCUT2D eigenvalue weighted by Crippen LogP contribution is 2.23. The lowest BCUT2D eigenvalue weighted by Crippen LogP contribution is -2.41. The first-order chi connectivity index (χ1) is 10.1. The third kappa shape index (κ3) is 3.90. The fourth-order valence-corrected chi connectivity index (χ4v) is 2.38. The van der Waals surface area contributed by atoms with Crippen molar-refractivity contribution in [1.29, 1.82) is 0 Å². The molecule has 0 spiro atoms. The van der Waals surface area contributed by atoms with Crippen molar-refractivity contribution in [3.63, 3.8) is 0 Å². The van der Waals surface area contributed by atoms with Crippen molar-refractivity contribution < 1.29 is 14.3 Å². The minimum atomic E-state index is -0.446. The second kappa shape index (κ2) is 7.02. The average molecular weight is 288 g/mol. The molecule has 0 fully saturated rings. The van der Waals surface area contributed by atoms with Crippen molar-refractivity contribution in [2.45, 2.75) is 26.2 Å². The summed E-state index contributed by atoms with van der Waals surface area (Å²) in [6.07, 6.45) is 6.51. The van der Waals surface area contributed by atoms with E-state index in [-0.39, 0.29) is 18.4 Å². The SMILES string of the molecule is COC(=O)CN(C(=O)C1CC=CCC1)c1cccc(C)n1. The van der Waals surface area contributed by atoms with Crippen molar-refractivity contribution in [2.24, 2.45) is 5.92 Å². The molecule has 1 aromatic heterocycles. The molecule has 0 saturated heterocycles. The highest BCUT2D eigenvalue weighted by Gasteiger charge is 2.28. The fraction of sp³-hybridized carbons (Fsp3) is 0.438. The number of amides is 1. The van der Waals surface area contributed by atoms with Crippen molar-refractivity contribution in [3.05, 3.63) is 36.0 Å². The molecule has 0 N–H and O–H groups in total. The van der Waals surface area contributed by atoms with Gasteiger partial charge in [-0.25, -0.2) is 4.98 Å². The van der Waals surface area contributed by atoms with E-state index in [1.54, 1.807) is 6.07 Å². The molecule has 112 valence electrons. The summed E-state index contributed by atoms with van der Waals surface area (Å²) in [4.78, 5) is 30.1. The van der Waals surface area contributed by atoms with Gasteiger partial charge in [0, 0.05) is 11.6 Å². The van der Waals surface area contributed by atoms with Gasteiger partial charge in [0.05, 0.1) is 7.11 Å². The van der Waals surface area contributed by atoms with Gasteiger partial charge in [-0.2, -0.15) is 0 Å². The van der Waals surface area contributed by atoms with Gasteiger partial charge in [-0.3, -0.25) is 14.5 Å². The Labute approximate surface area is 124 Å². The maximum absolute atomic E-state index is 12.7. The topological polar surface area (TPSA) is 59.5 Å². The third-order valence-corrected chi connectivity index (χ3v) is 3.55. The number of aryl methyl sites for hydroxylation is 1. The summed E-state index contributed by atoms with van der Waals surface area (Å²) in [5.41, 5.74) is 0.804. The molecule has 5 nitrogen and oxygen atoms in total. The van der Waals surface area contributed by atoms with E-state index in [0.29, 0.717) is 12.2 Å². The van der Waals surface area contributed by atoms with Gasteiger partial charge in [0.2, 0.25) is 5.91 Å². The van der Waals surface area contributed by atoms with Gasteiger partial charge in [0.25, 0.3) is 0 Å². The molecule has 1 atom stereocenters. The van der Waals surface area contributed by atoms with Crippen LogP contribution in [0.15, 0.2) is 30.4 Å². The zero-order chi connectivity index (χ0) is 15.2. The maximum Gasteiger partial charge on any atom is 0.325 e. The normalized spacial score (nSPS) is 17.3. The monoisotopic (exact) mass is 288 g/mol. The van der Waals surface area contributed by atoms with Crippen LogP contribution in [0.3, 0.4) is 0 Å². The number of allylic oxidation sites excluding steroid dienone is 2. The summed E-state index contributed by atoms with van der Waals surface area (Å²) in [7, 11) is 1.32. The lowest BCUT2D eigenvalue weighted by Gasteiger charge is -2.26. The maximum atomic E-state index is 12.7. The number of ether oxygens (including phenoxy) is 1. The van der Waals surface area contributed by atoms with Crippen LogP contribution in [-0.4, -0.2) is 30.5 Å². The molecular formula is C16H20N2O3. The first-order valence-electron chi connectivity index (χ1n) is 7.08. The third-order valence-electron chi connectivity index (χ3n) is 3.55. The predicted octanol–water partition coefficient (Wildman–Crippen LogP) is 2.25. The first-order valence-corrected chi connectivity index (χ1v) is 7.08. The highest BCUT2D eigenvalue weighted by atomic mass is 16.5. The van der Waals surface area contributed by atoms with Crippen molar-refractivity contribution in [3.8, 4) is 0 Å². The van der Waals surface area contributed by atoms with Crippen LogP contribution in [0.2, 0.25) is 0 Å². The predicted molar refractivity (Wildman–Crippen MR) is 79.8 cm³/mol. The minimum Gasteiger partial charge on any atom is -0.468 e. The van der Waals surface area contributed by atoms with Crippen molar-refractivity contribution >= 4 is 17.7 Å². The Morgan fingerprint density at radius 3 is 2.81 bits per heavy atom. The molecule has 21 heavy (non-hydrogen) atoms. The lowest BCUT2D eigenvalue weighted by molar-refractivity contribution is -0.140. The fourth-order valence-electron chi connectivity index (χ4n) is 2.38. The molecule has 0 aromatic carbocycles. The molecule has 0 radical (unpaired) electrons. The van der Waals surface area contributed by atoms with Crippen LogP contribution >= 0.6 is 0 Å². The molecule has 0 aliphatic heterocycles. The number of anilines is 1. The zero-order valence-electron chi connectivity index (χ0n) is 12.4. The Morgan fingerprint density at radius 1 is 1.38 bits per heavy atom. The van der Waals surface area contributed by atoms with Gasteiger partial charge in [-0.1, -0.05) is 18.2 Å². The number of esters is 1. The van der Waals surface area contributed by atoms with E-state index in [0.717, 1.165) is 18.5 Å². The van der Waals surface area contributed by atoms with Crippen LogP contribution in [0.25, 0.3) is 0 Å². The van der Waals surface area contributed by atoms with Crippen molar-refractivity contribution in [2.75, 3.05) is 18.6 Å². The Balaban J connectivity index is 2.24. The van der Waals surface area contributed by atoms with E-state index >= 15 is 0 Å². The molecule has 1 aliphatic carbocycles. The van der Waals surface area contributed by atoms with Crippen LogP contribution in [0.5, 0.6) is 0 Å². The van der Waals surface area contributed by atoms with Gasteiger partial charge in [0.15, 0.2) is 0 Å². The number of carbonyl (C=O) groups is 2. The molecule has 1 aliphatic rings. The number of hydrogen-bond donors (Lipinski definition) is 0. The molecule has 2 rings (SSSR count). The molecule has 0 bridgehead atoms. The van der Waals surface area contributed by atoms with E-state index in [1.165, 1.54) is 12.0 Å².